The highest BCUT2D eigenvalue weighted by Gasteiger charge is 2.43. The first-order chi connectivity index (χ1) is 10.1. The van der Waals surface area contributed by atoms with Crippen LogP contribution in [0.1, 0.15) is 55.2 Å². The molecular formula is C19H26N2. The molecule has 0 atom stereocenters. The van der Waals surface area contributed by atoms with Crippen molar-refractivity contribution in [1.82, 2.24) is 5.32 Å². The van der Waals surface area contributed by atoms with Crippen molar-refractivity contribution in [3.05, 3.63) is 34.9 Å². The summed E-state index contributed by atoms with van der Waals surface area (Å²) in [4.78, 5) is 0. The van der Waals surface area contributed by atoms with Crippen LogP contribution in [0.25, 0.3) is 0 Å². The fraction of sp³-hybridized carbons (Fsp3) is 0.579. The van der Waals surface area contributed by atoms with Crippen LogP contribution in [0, 0.1) is 19.3 Å². The number of nitrogens with two attached hydrogens (primary N) is 1. The zero-order chi connectivity index (χ0) is 14.9. The fourth-order valence-corrected chi connectivity index (χ4v) is 2.59. The van der Waals surface area contributed by atoms with Crippen LogP contribution in [-0.2, 0) is 12.0 Å². The van der Waals surface area contributed by atoms with E-state index in [1.807, 2.05) is 0 Å². The van der Waals surface area contributed by atoms with Crippen molar-refractivity contribution < 1.29 is 0 Å². The van der Waals surface area contributed by atoms with E-state index in [9.17, 15) is 0 Å². The SMILES string of the molecule is C#CC1(c2ccc(C)cc2CNC2CC2)CC1.NC1CC1. The van der Waals surface area contributed by atoms with Gasteiger partial charge in [0.2, 0.25) is 0 Å². The third-order valence-corrected chi connectivity index (χ3v) is 4.58. The highest BCUT2D eigenvalue weighted by Crippen LogP contribution is 2.48. The molecule has 0 amide bonds. The molecule has 0 spiro atoms. The molecule has 0 unspecified atom stereocenters. The minimum Gasteiger partial charge on any atom is -0.328 e. The van der Waals surface area contributed by atoms with E-state index >= 15 is 0 Å². The summed E-state index contributed by atoms with van der Waals surface area (Å²) in [7, 11) is 0. The lowest BCUT2D eigenvalue weighted by atomic mass is 9.91. The van der Waals surface area contributed by atoms with E-state index in [2.05, 4.69) is 36.4 Å². The summed E-state index contributed by atoms with van der Waals surface area (Å²) in [5, 5.41) is 3.60. The van der Waals surface area contributed by atoms with Gasteiger partial charge in [-0.3, -0.25) is 0 Å². The molecule has 0 heterocycles. The van der Waals surface area contributed by atoms with Gasteiger partial charge in [-0.1, -0.05) is 29.7 Å². The van der Waals surface area contributed by atoms with E-state index in [0.717, 1.165) is 25.4 Å². The number of nitrogens with one attached hydrogen (secondary N) is 1. The van der Waals surface area contributed by atoms with Gasteiger partial charge in [0.05, 0.1) is 5.41 Å². The summed E-state index contributed by atoms with van der Waals surface area (Å²) in [6.45, 7) is 3.13. The van der Waals surface area contributed by atoms with Crippen LogP contribution in [0.15, 0.2) is 18.2 Å². The molecule has 4 rings (SSSR count). The van der Waals surface area contributed by atoms with Crippen LogP contribution in [0.5, 0.6) is 0 Å². The molecule has 3 aliphatic rings. The van der Waals surface area contributed by atoms with E-state index in [4.69, 9.17) is 12.2 Å². The molecule has 0 aromatic heterocycles. The van der Waals surface area contributed by atoms with Crippen molar-refractivity contribution in [3.8, 4) is 12.3 Å². The van der Waals surface area contributed by atoms with Crippen molar-refractivity contribution in [2.45, 2.75) is 69.5 Å². The molecule has 2 nitrogen and oxygen atoms in total. The van der Waals surface area contributed by atoms with Gasteiger partial charge in [-0.15, -0.1) is 6.42 Å². The van der Waals surface area contributed by atoms with Gasteiger partial charge in [-0.05, 0) is 56.6 Å². The Balaban J connectivity index is 0.000000287. The Labute approximate surface area is 128 Å². The van der Waals surface area contributed by atoms with Gasteiger partial charge < -0.3 is 11.1 Å². The number of terminal acetylenes is 1. The molecule has 3 saturated carbocycles. The normalized spacial score (nSPS) is 22.0. The minimum atomic E-state index is 0.0638. The average Bonchev–Trinajstić information content (AvgIpc) is 3.34. The molecular weight excluding hydrogens is 256 g/mol. The minimum absolute atomic E-state index is 0.0638. The number of hydrogen-bond acceptors (Lipinski definition) is 2. The summed E-state index contributed by atoms with van der Waals surface area (Å²) in [6.07, 6.45) is 13.2. The summed E-state index contributed by atoms with van der Waals surface area (Å²) in [5.41, 5.74) is 9.41. The van der Waals surface area contributed by atoms with Gasteiger partial charge in [-0.25, -0.2) is 0 Å². The summed E-state index contributed by atoms with van der Waals surface area (Å²) < 4.78 is 0. The first-order valence-corrected chi connectivity index (χ1v) is 8.20. The molecule has 3 N–H and O–H groups in total. The van der Waals surface area contributed by atoms with E-state index in [1.54, 1.807) is 0 Å². The molecule has 0 aliphatic heterocycles. The highest BCUT2D eigenvalue weighted by molar-refractivity contribution is 5.46. The maximum atomic E-state index is 5.71. The third kappa shape index (κ3) is 3.87. The Morgan fingerprint density at radius 3 is 2.43 bits per heavy atom. The van der Waals surface area contributed by atoms with E-state index in [0.29, 0.717) is 6.04 Å². The summed E-state index contributed by atoms with van der Waals surface area (Å²) >= 11 is 0. The molecule has 3 fully saturated rings. The molecule has 1 aromatic carbocycles. The van der Waals surface area contributed by atoms with Crippen LogP contribution < -0.4 is 11.1 Å². The monoisotopic (exact) mass is 282 g/mol. The Morgan fingerprint density at radius 2 is 1.95 bits per heavy atom. The lowest BCUT2D eigenvalue weighted by Gasteiger charge is -2.16. The predicted octanol–water partition coefficient (Wildman–Crippen LogP) is 3.02. The van der Waals surface area contributed by atoms with Crippen molar-refractivity contribution >= 4 is 0 Å². The van der Waals surface area contributed by atoms with E-state index < -0.39 is 0 Å². The summed E-state index contributed by atoms with van der Waals surface area (Å²) in [5.74, 6) is 3.00. The van der Waals surface area contributed by atoms with Crippen LogP contribution in [0.4, 0.5) is 0 Å². The molecule has 0 saturated heterocycles. The Kier molecular flexibility index (Phi) is 4.06. The fourth-order valence-electron chi connectivity index (χ4n) is 2.59. The van der Waals surface area contributed by atoms with Crippen molar-refractivity contribution in [2.75, 3.05) is 0 Å². The van der Waals surface area contributed by atoms with Gasteiger partial charge >= 0.3 is 0 Å². The number of benzene rings is 1. The second-order valence-corrected chi connectivity index (χ2v) is 6.88. The maximum absolute atomic E-state index is 5.71. The first kappa shape index (κ1) is 14.6. The van der Waals surface area contributed by atoms with Gasteiger partial charge in [0.15, 0.2) is 0 Å². The number of hydrogen-bond donors (Lipinski definition) is 2. The molecule has 1 aromatic rings. The molecule has 0 bridgehead atoms. The van der Waals surface area contributed by atoms with Crippen LogP contribution >= 0.6 is 0 Å². The second-order valence-electron chi connectivity index (χ2n) is 6.88. The second kappa shape index (κ2) is 5.83. The summed E-state index contributed by atoms with van der Waals surface area (Å²) in [6, 6.07) is 8.06. The zero-order valence-electron chi connectivity index (χ0n) is 13.0. The lowest BCUT2D eigenvalue weighted by Crippen LogP contribution is -2.18. The molecule has 0 radical (unpaired) electrons. The largest absolute Gasteiger partial charge is 0.328 e. The van der Waals surface area contributed by atoms with Gasteiger partial charge in [0, 0.05) is 18.6 Å². The Morgan fingerprint density at radius 1 is 1.29 bits per heavy atom. The third-order valence-electron chi connectivity index (χ3n) is 4.58. The smallest absolute Gasteiger partial charge is 0.0564 e. The molecule has 112 valence electrons. The zero-order valence-corrected chi connectivity index (χ0v) is 13.0. The van der Waals surface area contributed by atoms with Crippen LogP contribution in [0.3, 0.4) is 0 Å². The topological polar surface area (TPSA) is 38.0 Å². The number of aryl methyl sites for hydroxylation is 1. The van der Waals surface area contributed by atoms with Gasteiger partial charge in [0.25, 0.3) is 0 Å². The standard InChI is InChI=1S/C16H19N.C3H7N/c1-3-16(8-9-16)15-7-4-12(2)10-13(15)11-17-14-5-6-14;4-3-1-2-3/h1,4,7,10,14,17H,5-6,8-9,11H2,2H3;3H,1-2,4H2. The van der Waals surface area contributed by atoms with Gasteiger partial charge in [-0.2, -0.15) is 0 Å². The lowest BCUT2D eigenvalue weighted by molar-refractivity contribution is 0.677. The number of rotatable bonds is 4. The molecule has 2 heteroatoms. The quantitative estimate of drug-likeness (QED) is 0.833. The van der Waals surface area contributed by atoms with E-state index in [1.165, 1.54) is 42.4 Å². The van der Waals surface area contributed by atoms with Crippen LogP contribution in [0.2, 0.25) is 0 Å². The van der Waals surface area contributed by atoms with Crippen molar-refractivity contribution in [3.63, 3.8) is 0 Å². The highest BCUT2D eigenvalue weighted by atomic mass is 14.9. The maximum Gasteiger partial charge on any atom is 0.0564 e. The first-order valence-electron chi connectivity index (χ1n) is 8.20. The Bertz CT molecular complexity index is 543. The van der Waals surface area contributed by atoms with Crippen LogP contribution in [-0.4, -0.2) is 12.1 Å². The van der Waals surface area contributed by atoms with E-state index in [-0.39, 0.29) is 5.41 Å². The van der Waals surface area contributed by atoms with Crippen molar-refractivity contribution in [1.29, 1.82) is 0 Å². The average molecular weight is 282 g/mol. The predicted molar refractivity (Wildman–Crippen MR) is 88.0 cm³/mol. The van der Waals surface area contributed by atoms with Gasteiger partial charge in [0.1, 0.15) is 0 Å². The molecule has 3 aliphatic carbocycles. The Hall–Kier alpha value is -1.30. The molecule has 21 heavy (non-hydrogen) atoms. The van der Waals surface area contributed by atoms with Crippen molar-refractivity contribution in [2.24, 2.45) is 5.73 Å².